The summed E-state index contributed by atoms with van der Waals surface area (Å²) in [5.41, 5.74) is 3.52. The summed E-state index contributed by atoms with van der Waals surface area (Å²) in [6.45, 7) is 2.72. The summed E-state index contributed by atoms with van der Waals surface area (Å²) < 4.78 is 2.06. The number of fused-ring (bicyclic) bond motifs is 1. The molecule has 6 nitrogen and oxygen atoms in total. The van der Waals surface area contributed by atoms with Crippen molar-refractivity contribution < 1.29 is 9.90 Å². The fourth-order valence-corrected chi connectivity index (χ4v) is 2.75. The zero-order valence-corrected chi connectivity index (χ0v) is 14.4. The van der Waals surface area contributed by atoms with Gasteiger partial charge in [0.2, 0.25) is 5.95 Å². The summed E-state index contributed by atoms with van der Waals surface area (Å²) in [4.78, 5) is 16.5. The Hall–Kier alpha value is -2.86. The first-order valence-electron chi connectivity index (χ1n) is 8.26. The highest BCUT2D eigenvalue weighted by molar-refractivity contribution is 5.94. The Labute approximate surface area is 146 Å². The normalized spacial score (nSPS) is 12.1. The molecule has 1 unspecified atom stereocenters. The summed E-state index contributed by atoms with van der Waals surface area (Å²) in [7, 11) is 1.62. The van der Waals surface area contributed by atoms with Gasteiger partial charge in [-0.3, -0.25) is 4.79 Å². The second-order valence-electron chi connectivity index (χ2n) is 6.02. The molecule has 0 aliphatic heterocycles. The summed E-state index contributed by atoms with van der Waals surface area (Å²) in [6.07, 6.45) is -0.468. The zero-order chi connectivity index (χ0) is 17.8. The van der Waals surface area contributed by atoms with Crippen molar-refractivity contribution in [3.05, 3.63) is 59.7 Å². The van der Waals surface area contributed by atoms with Crippen molar-refractivity contribution in [1.82, 2.24) is 14.9 Å². The lowest BCUT2D eigenvalue weighted by Gasteiger charge is -2.12. The molecule has 0 bridgehead atoms. The molecule has 3 N–H and O–H groups in total. The Bertz CT molecular complexity index is 886. The molecule has 1 aromatic heterocycles. The quantitative estimate of drug-likeness (QED) is 0.644. The summed E-state index contributed by atoms with van der Waals surface area (Å²) >= 11 is 0. The van der Waals surface area contributed by atoms with E-state index in [4.69, 9.17) is 0 Å². The number of imidazole rings is 1. The molecule has 0 saturated carbocycles. The highest BCUT2D eigenvalue weighted by Crippen LogP contribution is 2.21. The summed E-state index contributed by atoms with van der Waals surface area (Å²) in [5.74, 6) is 0.595. The van der Waals surface area contributed by atoms with Crippen molar-refractivity contribution in [3.63, 3.8) is 0 Å². The number of anilines is 1. The van der Waals surface area contributed by atoms with Crippen molar-refractivity contribution in [2.24, 2.45) is 0 Å². The Morgan fingerprint density at radius 1 is 1.24 bits per heavy atom. The van der Waals surface area contributed by atoms with Crippen LogP contribution in [0.2, 0.25) is 0 Å². The molecule has 0 aliphatic rings. The lowest BCUT2D eigenvalue weighted by molar-refractivity contribution is 0.0963. The fraction of sp³-hybridized carbons (Fsp3) is 0.263. The number of carbonyl (C=O) groups is 1. The molecule has 25 heavy (non-hydrogen) atoms. The number of hydrogen-bond acceptors (Lipinski definition) is 4. The van der Waals surface area contributed by atoms with Crippen LogP contribution in [0.5, 0.6) is 0 Å². The van der Waals surface area contributed by atoms with E-state index < -0.39 is 6.10 Å². The van der Waals surface area contributed by atoms with Crippen LogP contribution in [-0.2, 0) is 6.54 Å². The van der Waals surface area contributed by atoms with Gasteiger partial charge < -0.3 is 20.3 Å². The number of aliphatic hydroxyl groups excluding tert-OH is 1. The molecule has 1 heterocycles. The number of hydrogen-bond donors (Lipinski definition) is 3. The average Bonchev–Trinajstić information content (AvgIpc) is 2.97. The third-order valence-corrected chi connectivity index (χ3v) is 3.97. The number of aliphatic hydroxyl groups is 1. The minimum atomic E-state index is -0.468. The number of aromatic nitrogens is 2. The van der Waals surface area contributed by atoms with Gasteiger partial charge in [-0.05, 0) is 36.8 Å². The van der Waals surface area contributed by atoms with E-state index in [2.05, 4.69) is 20.2 Å². The first-order chi connectivity index (χ1) is 12.1. The van der Waals surface area contributed by atoms with Gasteiger partial charge in [0, 0.05) is 19.2 Å². The molecule has 0 fully saturated rings. The van der Waals surface area contributed by atoms with Crippen LogP contribution in [0.4, 0.5) is 5.95 Å². The van der Waals surface area contributed by atoms with Crippen LogP contribution in [0.1, 0.15) is 22.8 Å². The standard InChI is InChI=1S/C19H22N4O2/c1-13(24)11-21-19-22-16-8-3-4-9-17(16)23(19)12-14-6-5-7-15(10-14)18(25)20-2/h3-10,13,24H,11-12H2,1-2H3,(H,20,25)(H,21,22). The Morgan fingerprint density at radius 2 is 2.04 bits per heavy atom. The van der Waals surface area contributed by atoms with Crippen LogP contribution in [-0.4, -0.2) is 40.3 Å². The first-order valence-corrected chi connectivity index (χ1v) is 8.26. The van der Waals surface area contributed by atoms with Gasteiger partial charge in [-0.15, -0.1) is 0 Å². The van der Waals surface area contributed by atoms with E-state index in [1.165, 1.54) is 0 Å². The number of nitrogens with zero attached hydrogens (tertiary/aromatic N) is 2. The van der Waals surface area contributed by atoms with Crippen LogP contribution in [0.3, 0.4) is 0 Å². The second kappa shape index (κ2) is 7.36. The molecule has 0 saturated heterocycles. The SMILES string of the molecule is CNC(=O)c1cccc(Cn2c(NCC(C)O)nc3ccccc32)c1. The number of rotatable bonds is 6. The van der Waals surface area contributed by atoms with Gasteiger partial charge in [0.1, 0.15) is 0 Å². The van der Waals surface area contributed by atoms with E-state index in [0.29, 0.717) is 24.6 Å². The van der Waals surface area contributed by atoms with E-state index in [-0.39, 0.29) is 5.91 Å². The van der Waals surface area contributed by atoms with Gasteiger partial charge in [0.15, 0.2) is 0 Å². The Balaban J connectivity index is 1.97. The maximum atomic E-state index is 11.9. The van der Waals surface area contributed by atoms with Gasteiger partial charge in [-0.1, -0.05) is 24.3 Å². The van der Waals surface area contributed by atoms with Gasteiger partial charge in [-0.25, -0.2) is 4.98 Å². The first kappa shape index (κ1) is 17.0. The van der Waals surface area contributed by atoms with Crippen LogP contribution in [0.15, 0.2) is 48.5 Å². The third-order valence-electron chi connectivity index (χ3n) is 3.97. The molecule has 3 aromatic rings. The Kier molecular flexibility index (Phi) is 5.00. The highest BCUT2D eigenvalue weighted by atomic mass is 16.3. The van der Waals surface area contributed by atoms with E-state index >= 15 is 0 Å². The second-order valence-corrected chi connectivity index (χ2v) is 6.02. The van der Waals surface area contributed by atoms with E-state index in [0.717, 1.165) is 16.6 Å². The Morgan fingerprint density at radius 3 is 2.80 bits per heavy atom. The molecule has 0 spiro atoms. The van der Waals surface area contributed by atoms with Crippen molar-refractivity contribution in [2.45, 2.75) is 19.6 Å². The van der Waals surface area contributed by atoms with Crippen LogP contribution < -0.4 is 10.6 Å². The van der Waals surface area contributed by atoms with Crippen molar-refractivity contribution in [2.75, 3.05) is 18.9 Å². The van der Waals surface area contributed by atoms with Crippen LogP contribution in [0, 0.1) is 0 Å². The molecule has 130 valence electrons. The number of nitrogens with one attached hydrogen (secondary N) is 2. The minimum Gasteiger partial charge on any atom is -0.392 e. The molecule has 3 rings (SSSR count). The van der Waals surface area contributed by atoms with Gasteiger partial charge in [0.25, 0.3) is 5.91 Å². The monoisotopic (exact) mass is 338 g/mol. The number of carbonyl (C=O) groups excluding carboxylic acids is 1. The number of benzene rings is 2. The zero-order valence-electron chi connectivity index (χ0n) is 14.4. The smallest absolute Gasteiger partial charge is 0.251 e. The van der Waals surface area contributed by atoms with Crippen molar-refractivity contribution in [3.8, 4) is 0 Å². The van der Waals surface area contributed by atoms with Crippen LogP contribution >= 0.6 is 0 Å². The summed E-state index contributed by atoms with van der Waals surface area (Å²) in [5, 5.41) is 15.4. The van der Waals surface area contributed by atoms with Gasteiger partial charge >= 0.3 is 0 Å². The molecule has 1 atom stereocenters. The molecule has 6 heteroatoms. The van der Waals surface area contributed by atoms with Crippen molar-refractivity contribution in [1.29, 1.82) is 0 Å². The number of amides is 1. The highest BCUT2D eigenvalue weighted by Gasteiger charge is 2.12. The lowest BCUT2D eigenvalue weighted by atomic mass is 10.1. The largest absolute Gasteiger partial charge is 0.392 e. The maximum Gasteiger partial charge on any atom is 0.251 e. The van der Waals surface area contributed by atoms with E-state index in [9.17, 15) is 9.90 Å². The summed E-state index contributed by atoms with van der Waals surface area (Å²) in [6, 6.07) is 15.4. The molecule has 0 aliphatic carbocycles. The van der Waals surface area contributed by atoms with Crippen molar-refractivity contribution >= 4 is 22.9 Å². The fourth-order valence-electron chi connectivity index (χ4n) is 2.75. The molecule has 2 aromatic carbocycles. The van der Waals surface area contributed by atoms with E-state index in [1.54, 1.807) is 20.0 Å². The number of para-hydroxylation sites is 2. The van der Waals surface area contributed by atoms with E-state index in [1.807, 2.05) is 42.5 Å². The predicted molar refractivity (Wildman–Crippen MR) is 98.8 cm³/mol. The molecular formula is C19H22N4O2. The average molecular weight is 338 g/mol. The molecular weight excluding hydrogens is 316 g/mol. The molecule has 1 amide bonds. The molecule has 0 radical (unpaired) electrons. The third kappa shape index (κ3) is 3.80. The van der Waals surface area contributed by atoms with Crippen LogP contribution in [0.25, 0.3) is 11.0 Å². The maximum absolute atomic E-state index is 11.9. The van der Waals surface area contributed by atoms with Gasteiger partial charge in [-0.2, -0.15) is 0 Å². The predicted octanol–water partition coefficient (Wildman–Crippen LogP) is 2.24. The van der Waals surface area contributed by atoms with Gasteiger partial charge in [0.05, 0.1) is 23.7 Å². The lowest BCUT2D eigenvalue weighted by Crippen LogP contribution is -2.19. The minimum absolute atomic E-state index is 0.107. The topological polar surface area (TPSA) is 79.2 Å².